The molecule has 10 rings (SSSR count). The first-order valence-electron chi connectivity index (χ1n) is 16.8. The van der Waals surface area contributed by atoms with Gasteiger partial charge in [-0.2, -0.15) is 0 Å². The van der Waals surface area contributed by atoms with Crippen LogP contribution in [0.1, 0.15) is 25.0 Å². The van der Waals surface area contributed by atoms with Gasteiger partial charge in [-0.3, -0.25) is 0 Å². The lowest BCUT2D eigenvalue weighted by Crippen LogP contribution is -2.14. The molecule has 48 heavy (non-hydrogen) atoms. The van der Waals surface area contributed by atoms with E-state index in [0.717, 1.165) is 21.9 Å². The molecule has 1 nitrogen and oxygen atoms in total. The highest BCUT2D eigenvalue weighted by Crippen LogP contribution is 2.50. The van der Waals surface area contributed by atoms with Crippen LogP contribution in [0, 0.1) is 0 Å². The summed E-state index contributed by atoms with van der Waals surface area (Å²) in [6.45, 7) is 4.69. The van der Waals surface area contributed by atoms with E-state index in [2.05, 4.69) is 172 Å². The molecule has 0 bridgehead atoms. The predicted octanol–water partition coefficient (Wildman–Crippen LogP) is 13.2. The molecule has 1 aliphatic rings. The van der Waals surface area contributed by atoms with Crippen molar-refractivity contribution >= 4 is 43.5 Å². The molecule has 0 radical (unpaired) electrons. The Bertz CT molecular complexity index is 2690. The molecule has 0 saturated carbocycles. The van der Waals surface area contributed by atoms with E-state index in [-0.39, 0.29) is 5.41 Å². The molecule has 1 aromatic heterocycles. The third-order valence-corrected chi connectivity index (χ3v) is 10.7. The molecule has 0 amide bonds. The van der Waals surface area contributed by atoms with Crippen LogP contribution in [0.15, 0.2) is 162 Å². The lowest BCUT2D eigenvalue weighted by atomic mass is 9.81. The van der Waals surface area contributed by atoms with Gasteiger partial charge >= 0.3 is 0 Å². The van der Waals surface area contributed by atoms with Crippen molar-refractivity contribution in [2.75, 3.05) is 0 Å². The van der Waals surface area contributed by atoms with Crippen molar-refractivity contribution in [3.05, 3.63) is 169 Å². The Hall–Kier alpha value is -5.92. The lowest BCUT2D eigenvalue weighted by Gasteiger charge is -2.22. The van der Waals surface area contributed by atoms with E-state index >= 15 is 0 Å². The monoisotopic (exact) mass is 612 g/mol. The molecule has 0 spiro atoms. The molecule has 0 fully saturated rings. The van der Waals surface area contributed by atoms with E-state index in [1.165, 1.54) is 77.2 Å². The summed E-state index contributed by atoms with van der Waals surface area (Å²) in [6, 6.07) is 57.6. The summed E-state index contributed by atoms with van der Waals surface area (Å²) >= 11 is 0. The van der Waals surface area contributed by atoms with Gasteiger partial charge in [0, 0.05) is 16.2 Å². The Morgan fingerprint density at radius 3 is 1.50 bits per heavy atom. The number of furan rings is 1. The molecule has 1 heteroatoms. The third-order valence-electron chi connectivity index (χ3n) is 10.7. The summed E-state index contributed by atoms with van der Waals surface area (Å²) < 4.78 is 6.44. The first-order chi connectivity index (χ1) is 23.6. The zero-order valence-electron chi connectivity index (χ0n) is 26.9. The Labute approximate surface area is 279 Å². The summed E-state index contributed by atoms with van der Waals surface area (Å²) in [4.78, 5) is 0. The van der Waals surface area contributed by atoms with Crippen molar-refractivity contribution in [1.82, 2.24) is 0 Å². The van der Waals surface area contributed by atoms with Gasteiger partial charge in [-0.1, -0.05) is 141 Å². The van der Waals surface area contributed by atoms with Gasteiger partial charge in [0.25, 0.3) is 0 Å². The molecule has 9 aromatic rings. The summed E-state index contributed by atoms with van der Waals surface area (Å²) in [7, 11) is 0. The van der Waals surface area contributed by atoms with Crippen LogP contribution in [-0.4, -0.2) is 0 Å². The molecule has 1 heterocycles. The van der Waals surface area contributed by atoms with E-state index in [0.29, 0.717) is 0 Å². The summed E-state index contributed by atoms with van der Waals surface area (Å²) in [5.74, 6) is 0. The van der Waals surface area contributed by atoms with Gasteiger partial charge in [0.1, 0.15) is 11.2 Å². The minimum atomic E-state index is -0.0368. The highest BCUT2D eigenvalue weighted by Gasteiger charge is 2.35. The SMILES string of the molecule is CC1(C)c2ccccc2-c2ccc(-c3ccc4oc5ccc(-c6c7ccccc7c(-c7ccccc7)c7ccccc67)cc5c4c3)cc21. The topological polar surface area (TPSA) is 13.1 Å². The fourth-order valence-corrected chi connectivity index (χ4v) is 8.35. The lowest BCUT2D eigenvalue weighted by molar-refractivity contribution is 0.660. The van der Waals surface area contributed by atoms with E-state index in [9.17, 15) is 0 Å². The molecule has 0 atom stereocenters. The van der Waals surface area contributed by atoms with E-state index in [4.69, 9.17) is 4.42 Å². The fourth-order valence-electron chi connectivity index (χ4n) is 8.35. The zero-order valence-corrected chi connectivity index (χ0v) is 26.9. The van der Waals surface area contributed by atoms with Gasteiger partial charge in [0.05, 0.1) is 0 Å². The summed E-state index contributed by atoms with van der Waals surface area (Å²) in [6.07, 6.45) is 0. The summed E-state index contributed by atoms with van der Waals surface area (Å²) in [5, 5.41) is 7.31. The van der Waals surface area contributed by atoms with Crippen LogP contribution in [0.2, 0.25) is 0 Å². The van der Waals surface area contributed by atoms with E-state index < -0.39 is 0 Å². The number of fused-ring (bicyclic) bond motifs is 8. The number of rotatable bonds is 3. The Balaban J connectivity index is 1.17. The Kier molecular flexibility index (Phi) is 5.69. The zero-order chi connectivity index (χ0) is 32.0. The number of benzene rings is 8. The predicted molar refractivity (Wildman–Crippen MR) is 203 cm³/mol. The molecular formula is C47H32O. The molecule has 226 valence electrons. The second kappa shape index (κ2) is 10.0. The fraction of sp³-hybridized carbons (Fsp3) is 0.0638. The van der Waals surface area contributed by atoms with Crippen LogP contribution < -0.4 is 0 Å². The number of hydrogen-bond acceptors (Lipinski definition) is 1. The molecule has 0 unspecified atom stereocenters. The van der Waals surface area contributed by atoms with Crippen molar-refractivity contribution in [2.24, 2.45) is 0 Å². The first kappa shape index (κ1) is 27.2. The van der Waals surface area contributed by atoms with Crippen molar-refractivity contribution in [1.29, 1.82) is 0 Å². The second-order valence-electron chi connectivity index (χ2n) is 13.7. The molecular weight excluding hydrogens is 581 g/mol. The third kappa shape index (κ3) is 3.85. The molecule has 8 aromatic carbocycles. The van der Waals surface area contributed by atoms with Gasteiger partial charge in [-0.05, 0) is 108 Å². The maximum atomic E-state index is 6.44. The van der Waals surface area contributed by atoms with Crippen molar-refractivity contribution in [3.8, 4) is 44.5 Å². The summed E-state index contributed by atoms with van der Waals surface area (Å²) in [5.41, 5.74) is 14.7. The first-order valence-corrected chi connectivity index (χ1v) is 16.8. The van der Waals surface area contributed by atoms with Crippen LogP contribution in [0.5, 0.6) is 0 Å². The molecule has 0 N–H and O–H groups in total. The van der Waals surface area contributed by atoms with Gasteiger partial charge < -0.3 is 4.42 Å². The van der Waals surface area contributed by atoms with Crippen molar-refractivity contribution < 1.29 is 4.42 Å². The Morgan fingerprint density at radius 1 is 0.354 bits per heavy atom. The van der Waals surface area contributed by atoms with Crippen LogP contribution in [0.4, 0.5) is 0 Å². The largest absolute Gasteiger partial charge is 0.456 e. The minimum Gasteiger partial charge on any atom is -0.456 e. The maximum absolute atomic E-state index is 6.44. The van der Waals surface area contributed by atoms with Crippen molar-refractivity contribution in [3.63, 3.8) is 0 Å². The highest BCUT2D eigenvalue weighted by molar-refractivity contribution is 6.22. The quantitative estimate of drug-likeness (QED) is 0.181. The normalized spacial score (nSPS) is 13.4. The second-order valence-corrected chi connectivity index (χ2v) is 13.7. The Morgan fingerprint density at radius 2 is 0.833 bits per heavy atom. The van der Waals surface area contributed by atoms with Gasteiger partial charge in [0.15, 0.2) is 0 Å². The van der Waals surface area contributed by atoms with Crippen molar-refractivity contribution in [2.45, 2.75) is 19.3 Å². The van der Waals surface area contributed by atoms with E-state index in [1.54, 1.807) is 0 Å². The molecule has 0 aliphatic heterocycles. The van der Waals surface area contributed by atoms with E-state index in [1.807, 2.05) is 0 Å². The van der Waals surface area contributed by atoms with Crippen LogP contribution in [0.3, 0.4) is 0 Å². The van der Waals surface area contributed by atoms with Gasteiger partial charge in [0.2, 0.25) is 0 Å². The smallest absolute Gasteiger partial charge is 0.135 e. The number of hydrogen-bond donors (Lipinski definition) is 0. The minimum absolute atomic E-state index is 0.0368. The maximum Gasteiger partial charge on any atom is 0.135 e. The molecule has 0 saturated heterocycles. The molecule has 1 aliphatic carbocycles. The average molecular weight is 613 g/mol. The van der Waals surface area contributed by atoms with Crippen LogP contribution in [0.25, 0.3) is 88.0 Å². The standard InChI is InChI=1S/C47H32O/c1-47(2)41-19-11-10-14-33(41)34-23-20-31(28-42(34)47)30-21-24-43-39(26-30)40-27-32(22-25-44(40)48-43)46-37-17-8-6-15-35(37)45(29-12-4-3-5-13-29)36-16-7-9-18-38(36)46/h3-28H,1-2H3. The van der Waals surface area contributed by atoms with Crippen LogP contribution in [-0.2, 0) is 5.41 Å². The average Bonchev–Trinajstić information content (AvgIpc) is 3.61. The van der Waals surface area contributed by atoms with Gasteiger partial charge in [-0.15, -0.1) is 0 Å². The highest BCUT2D eigenvalue weighted by atomic mass is 16.3. The van der Waals surface area contributed by atoms with Crippen LogP contribution >= 0.6 is 0 Å². The van der Waals surface area contributed by atoms with Gasteiger partial charge in [-0.25, -0.2) is 0 Å².